The molecule has 0 aromatic heterocycles. The topological polar surface area (TPSA) is 238 Å². The van der Waals surface area contributed by atoms with Gasteiger partial charge in [0.15, 0.2) is 0 Å². The summed E-state index contributed by atoms with van der Waals surface area (Å²) in [7, 11) is -9.48. The molecule has 4 saturated carbocycles. The molecule has 0 aromatic carbocycles. The summed E-state index contributed by atoms with van der Waals surface area (Å²) >= 11 is -3.05. The summed E-state index contributed by atoms with van der Waals surface area (Å²) < 4.78 is 100. The summed E-state index contributed by atoms with van der Waals surface area (Å²) in [5, 5.41) is 19.7. The minimum atomic E-state index is -4.75. The molecule has 14 nitrogen and oxygen atoms in total. The SMILES string of the molecule is CC(=O)NC1CC(S(=O)(=O)[O-])CC2CC(OS(=O)[O-])C(N=NC3CCC4CCCCC4C3S(=O)(=O)[O-])C(O)C21.[Na+].[Na+].[Na+]. The van der Waals surface area contributed by atoms with E-state index >= 15 is 0 Å². The van der Waals surface area contributed by atoms with Gasteiger partial charge in [0.05, 0.1) is 54.2 Å². The second-order valence-electron chi connectivity index (χ2n) is 11.3. The predicted molar refractivity (Wildman–Crippen MR) is 132 cm³/mol. The minimum Gasteiger partial charge on any atom is -0.750 e. The number of carbonyl (C=O) groups excluding carboxylic acids is 1. The summed E-state index contributed by atoms with van der Waals surface area (Å²) in [5.74, 6) is -2.27. The Morgan fingerprint density at radius 2 is 1.57 bits per heavy atom. The van der Waals surface area contributed by atoms with Crippen molar-refractivity contribution in [2.75, 3.05) is 0 Å². The number of azo groups is 1. The van der Waals surface area contributed by atoms with E-state index < -0.39 is 90.2 Å². The second kappa shape index (κ2) is 17.4. The number of nitrogens with zero attached hydrogens (tertiary/aromatic N) is 2. The molecule has 0 saturated heterocycles. The van der Waals surface area contributed by atoms with Gasteiger partial charge in [0.1, 0.15) is 12.1 Å². The van der Waals surface area contributed by atoms with Gasteiger partial charge in [0.25, 0.3) is 0 Å². The number of hydrogen-bond donors (Lipinski definition) is 2. The number of nitrogens with one attached hydrogen (secondary N) is 1. The fourth-order valence-electron chi connectivity index (χ4n) is 7.56. The van der Waals surface area contributed by atoms with Gasteiger partial charge in [-0.1, -0.05) is 19.3 Å². The molecule has 20 heteroatoms. The summed E-state index contributed by atoms with van der Waals surface area (Å²) in [4.78, 5) is 11.9. The van der Waals surface area contributed by atoms with Crippen LogP contribution in [0.15, 0.2) is 10.2 Å². The second-order valence-corrected chi connectivity index (χ2v) is 15.1. The van der Waals surface area contributed by atoms with Crippen molar-refractivity contribution in [1.29, 1.82) is 0 Å². The number of fused-ring (bicyclic) bond motifs is 2. The van der Waals surface area contributed by atoms with Gasteiger partial charge in [-0.25, -0.2) is 21.0 Å². The number of aliphatic hydroxyl groups excluding tert-OH is 1. The number of hydrogen-bond acceptors (Lipinski definition) is 13. The van der Waals surface area contributed by atoms with Crippen LogP contribution >= 0.6 is 0 Å². The van der Waals surface area contributed by atoms with Crippen LogP contribution in [0.1, 0.15) is 64.7 Å². The minimum absolute atomic E-state index is 0. The quantitative estimate of drug-likeness (QED) is 0.111. The smallest absolute Gasteiger partial charge is 0.750 e. The monoisotopic (exact) mass is 681 g/mol. The Hall–Kier alpha value is 1.92. The van der Waals surface area contributed by atoms with Gasteiger partial charge in [-0.2, -0.15) is 10.2 Å². The molecule has 0 aromatic rings. The molecule has 12 unspecified atom stereocenters. The fraction of sp³-hybridized carbons (Fsp3) is 0.955. The Kier molecular flexibility index (Phi) is 17.3. The first kappa shape index (κ1) is 41.9. The molecule has 12 atom stereocenters. The van der Waals surface area contributed by atoms with E-state index in [1.807, 2.05) is 0 Å². The van der Waals surface area contributed by atoms with E-state index in [0.29, 0.717) is 19.3 Å². The van der Waals surface area contributed by atoms with E-state index in [2.05, 4.69) is 15.5 Å². The molecule has 0 spiro atoms. The van der Waals surface area contributed by atoms with Gasteiger partial charge in [-0.05, 0) is 56.3 Å². The normalized spacial score (nSPS) is 39.3. The van der Waals surface area contributed by atoms with Crippen LogP contribution in [0.5, 0.6) is 0 Å². The zero-order valence-corrected chi connectivity index (χ0v) is 32.8. The Morgan fingerprint density at radius 3 is 2.14 bits per heavy atom. The van der Waals surface area contributed by atoms with Crippen molar-refractivity contribution in [1.82, 2.24) is 5.32 Å². The van der Waals surface area contributed by atoms with Crippen LogP contribution in [0.25, 0.3) is 0 Å². The molecule has 0 aliphatic heterocycles. The summed E-state index contributed by atoms with van der Waals surface area (Å²) in [6.07, 6.45) is 0.867. The van der Waals surface area contributed by atoms with Crippen molar-refractivity contribution in [2.24, 2.45) is 33.9 Å². The number of amides is 1. The molecule has 4 fully saturated rings. The van der Waals surface area contributed by atoms with Gasteiger partial charge in [0.2, 0.25) is 5.91 Å². The average Bonchev–Trinajstić information content (AvgIpc) is 2.81. The zero-order valence-electron chi connectivity index (χ0n) is 24.4. The van der Waals surface area contributed by atoms with Crippen molar-refractivity contribution < 1.29 is 137 Å². The van der Waals surface area contributed by atoms with Gasteiger partial charge in [-0.3, -0.25) is 8.98 Å². The van der Waals surface area contributed by atoms with E-state index in [0.717, 1.165) is 19.3 Å². The van der Waals surface area contributed by atoms with E-state index in [-0.39, 0.29) is 120 Å². The van der Waals surface area contributed by atoms with Gasteiger partial charge in [-0.15, -0.1) is 0 Å². The van der Waals surface area contributed by atoms with Crippen LogP contribution in [-0.4, -0.2) is 86.5 Å². The Morgan fingerprint density at radius 1 is 0.929 bits per heavy atom. The molecule has 4 aliphatic carbocycles. The Labute approximate surface area is 316 Å². The molecule has 4 rings (SSSR count). The van der Waals surface area contributed by atoms with Crippen LogP contribution in [0.3, 0.4) is 0 Å². The van der Waals surface area contributed by atoms with Crippen LogP contribution < -0.4 is 94.0 Å². The maximum absolute atomic E-state index is 12.3. The molecular formula is C22H34N3Na3O11S3. The third-order valence-electron chi connectivity index (χ3n) is 9.03. The molecule has 1 amide bonds. The van der Waals surface area contributed by atoms with Crippen LogP contribution in [-0.2, 0) is 40.6 Å². The number of carbonyl (C=O) groups is 1. The third-order valence-corrected chi connectivity index (χ3v) is 12.0. The van der Waals surface area contributed by atoms with Crippen molar-refractivity contribution in [3.05, 3.63) is 0 Å². The van der Waals surface area contributed by atoms with Crippen molar-refractivity contribution >= 4 is 37.5 Å². The van der Waals surface area contributed by atoms with Gasteiger partial charge >= 0.3 is 88.7 Å². The van der Waals surface area contributed by atoms with Crippen LogP contribution in [0.4, 0.5) is 0 Å². The van der Waals surface area contributed by atoms with Gasteiger partial charge < -0.3 is 24.1 Å². The summed E-state index contributed by atoms with van der Waals surface area (Å²) in [6.45, 7) is 1.20. The molecule has 4 aliphatic rings. The maximum Gasteiger partial charge on any atom is 1.00 e. The van der Waals surface area contributed by atoms with Crippen molar-refractivity contribution in [3.63, 3.8) is 0 Å². The number of rotatable bonds is 7. The maximum atomic E-state index is 12.3. The first-order valence-corrected chi connectivity index (χ1v) is 17.1. The van der Waals surface area contributed by atoms with Crippen LogP contribution in [0, 0.1) is 23.7 Å². The predicted octanol–water partition coefficient (Wildman–Crippen LogP) is -8.91. The standard InChI is InChI=1S/C22H37N3O11S3.3Na/c1-11(26)23-17-10-14(38(30,31)32)8-13-9-18(36-37(28)29)20(21(27)19(13)17)25-24-16-7-6-12-4-2-3-5-15(12)22(16)39(33,34)35;;;/h12-22,27H,2-10H2,1H3,(H,23,26)(H,28,29)(H,30,31,32)(H,33,34,35);;;/q;3*+1/p-3. The first-order chi connectivity index (χ1) is 18.2. The largest absolute Gasteiger partial charge is 1.00 e. The molecular weight excluding hydrogens is 647 g/mol. The number of aliphatic hydroxyl groups is 1. The van der Waals surface area contributed by atoms with E-state index in [1.165, 1.54) is 6.92 Å². The first-order valence-electron chi connectivity index (χ1n) is 13.2. The summed E-state index contributed by atoms with van der Waals surface area (Å²) in [5.41, 5.74) is 0. The van der Waals surface area contributed by atoms with E-state index in [1.54, 1.807) is 0 Å². The Balaban J connectivity index is 0.00000294. The molecule has 0 bridgehead atoms. The molecule has 42 heavy (non-hydrogen) atoms. The Bertz CT molecular complexity index is 1200. The van der Waals surface area contributed by atoms with Crippen molar-refractivity contribution in [2.45, 2.75) is 106 Å². The molecule has 224 valence electrons. The molecule has 0 heterocycles. The van der Waals surface area contributed by atoms with Gasteiger partial charge in [0, 0.05) is 18.9 Å². The van der Waals surface area contributed by atoms with Crippen LogP contribution in [0.2, 0.25) is 0 Å². The van der Waals surface area contributed by atoms with E-state index in [4.69, 9.17) is 4.18 Å². The average molecular weight is 682 g/mol. The molecule has 2 N–H and O–H groups in total. The zero-order chi connectivity index (χ0) is 28.7. The van der Waals surface area contributed by atoms with Crippen molar-refractivity contribution in [3.8, 4) is 0 Å². The summed E-state index contributed by atoms with van der Waals surface area (Å²) in [6, 6.07) is -3.20. The molecule has 0 radical (unpaired) electrons. The fourth-order valence-corrected chi connectivity index (χ4v) is 10.2. The van der Waals surface area contributed by atoms with E-state index in [9.17, 15) is 44.6 Å². The third kappa shape index (κ3) is 10.2.